The number of rotatable bonds is 10. The SMILES string of the molecule is CCCCCCCCC(CCC)c1nc(Cl)nc(Cl)n1. The highest BCUT2D eigenvalue weighted by Crippen LogP contribution is 2.26. The van der Waals surface area contributed by atoms with Crippen molar-refractivity contribution in [3.05, 3.63) is 16.4 Å². The first-order chi connectivity index (χ1) is 9.67. The molecule has 0 aromatic carbocycles. The molecule has 114 valence electrons. The summed E-state index contributed by atoms with van der Waals surface area (Å²) in [5, 5.41) is 0.396. The van der Waals surface area contributed by atoms with Gasteiger partial charge in [0.1, 0.15) is 5.82 Å². The largest absolute Gasteiger partial charge is 0.226 e. The molecule has 0 bridgehead atoms. The van der Waals surface area contributed by atoms with Gasteiger partial charge in [-0.15, -0.1) is 0 Å². The van der Waals surface area contributed by atoms with Gasteiger partial charge in [-0.1, -0.05) is 58.8 Å². The topological polar surface area (TPSA) is 38.7 Å². The van der Waals surface area contributed by atoms with Gasteiger partial charge in [-0.3, -0.25) is 0 Å². The van der Waals surface area contributed by atoms with Crippen LogP contribution in [-0.2, 0) is 0 Å². The highest BCUT2D eigenvalue weighted by Gasteiger charge is 2.15. The number of nitrogens with zero attached hydrogens (tertiary/aromatic N) is 3. The van der Waals surface area contributed by atoms with Crippen LogP contribution in [0.4, 0.5) is 0 Å². The predicted molar refractivity (Wildman–Crippen MR) is 85.5 cm³/mol. The third-order valence-corrected chi connectivity index (χ3v) is 3.84. The predicted octanol–water partition coefficient (Wildman–Crippen LogP) is 5.81. The van der Waals surface area contributed by atoms with Gasteiger partial charge in [-0.25, -0.2) is 9.97 Å². The van der Waals surface area contributed by atoms with Crippen LogP contribution in [-0.4, -0.2) is 15.0 Å². The zero-order valence-electron chi connectivity index (χ0n) is 12.5. The van der Waals surface area contributed by atoms with Crippen LogP contribution in [0.1, 0.15) is 83.4 Å². The summed E-state index contributed by atoms with van der Waals surface area (Å²) in [6, 6.07) is 0. The molecule has 1 heterocycles. The number of hydrogen-bond donors (Lipinski definition) is 0. The Labute approximate surface area is 132 Å². The van der Waals surface area contributed by atoms with Crippen molar-refractivity contribution in [3.63, 3.8) is 0 Å². The summed E-state index contributed by atoms with van der Waals surface area (Å²) in [5.41, 5.74) is 0. The van der Waals surface area contributed by atoms with E-state index in [1.165, 1.54) is 38.5 Å². The fourth-order valence-electron chi connectivity index (χ4n) is 2.44. The molecule has 0 N–H and O–H groups in total. The number of hydrogen-bond acceptors (Lipinski definition) is 3. The van der Waals surface area contributed by atoms with E-state index in [9.17, 15) is 0 Å². The van der Waals surface area contributed by atoms with E-state index in [1.54, 1.807) is 0 Å². The smallest absolute Gasteiger partial charge is 0.202 e. The first-order valence-electron chi connectivity index (χ1n) is 7.74. The number of halogens is 2. The Morgan fingerprint density at radius 1 is 0.750 bits per heavy atom. The average molecular weight is 318 g/mol. The molecule has 1 unspecified atom stereocenters. The zero-order valence-corrected chi connectivity index (χ0v) is 14.1. The summed E-state index contributed by atoms with van der Waals surface area (Å²) < 4.78 is 0. The molecule has 0 aliphatic heterocycles. The standard InChI is InChI=1S/C15H25Cl2N3/c1-3-5-6-7-8-9-11-12(10-4-2)13-18-14(16)20-15(17)19-13/h12H,3-11H2,1-2H3. The molecule has 0 saturated carbocycles. The normalized spacial score (nSPS) is 12.6. The fourth-order valence-corrected chi connectivity index (χ4v) is 2.82. The zero-order chi connectivity index (χ0) is 14.8. The molecule has 0 radical (unpaired) electrons. The van der Waals surface area contributed by atoms with Crippen LogP contribution < -0.4 is 0 Å². The van der Waals surface area contributed by atoms with Crippen LogP contribution in [0.3, 0.4) is 0 Å². The fraction of sp³-hybridized carbons (Fsp3) is 0.800. The van der Waals surface area contributed by atoms with Crippen LogP contribution in [0.2, 0.25) is 10.6 Å². The van der Waals surface area contributed by atoms with Crippen molar-refractivity contribution in [2.75, 3.05) is 0 Å². The average Bonchev–Trinajstić information content (AvgIpc) is 2.40. The molecule has 0 fully saturated rings. The molecular formula is C15H25Cl2N3. The summed E-state index contributed by atoms with van der Waals surface area (Å²) in [7, 11) is 0. The molecule has 20 heavy (non-hydrogen) atoms. The van der Waals surface area contributed by atoms with E-state index in [4.69, 9.17) is 23.2 Å². The van der Waals surface area contributed by atoms with Gasteiger partial charge in [0.15, 0.2) is 0 Å². The molecule has 5 heteroatoms. The molecule has 1 rings (SSSR count). The lowest BCUT2D eigenvalue weighted by molar-refractivity contribution is 0.493. The van der Waals surface area contributed by atoms with Crippen LogP contribution >= 0.6 is 23.2 Å². The van der Waals surface area contributed by atoms with Crippen LogP contribution in [0.25, 0.3) is 0 Å². The summed E-state index contributed by atoms with van der Waals surface area (Å²) in [6.45, 7) is 4.42. The van der Waals surface area contributed by atoms with Crippen molar-refractivity contribution < 1.29 is 0 Å². The minimum atomic E-state index is 0.198. The summed E-state index contributed by atoms with van der Waals surface area (Å²) in [5.74, 6) is 1.11. The van der Waals surface area contributed by atoms with E-state index in [-0.39, 0.29) is 10.6 Å². The van der Waals surface area contributed by atoms with Gasteiger partial charge in [0.05, 0.1) is 0 Å². The molecule has 1 aromatic heterocycles. The minimum Gasteiger partial charge on any atom is -0.202 e. The molecule has 1 aromatic rings. The molecule has 0 aliphatic carbocycles. The van der Waals surface area contributed by atoms with E-state index in [0.717, 1.165) is 25.1 Å². The molecule has 0 spiro atoms. The second-order valence-electron chi connectivity index (χ2n) is 5.27. The molecule has 1 atom stereocenters. The highest BCUT2D eigenvalue weighted by molar-refractivity contribution is 6.31. The van der Waals surface area contributed by atoms with Crippen LogP contribution in [0.5, 0.6) is 0 Å². The number of unbranched alkanes of at least 4 members (excludes halogenated alkanes) is 5. The van der Waals surface area contributed by atoms with Gasteiger partial charge in [0.25, 0.3) is 0 Å². The maximum atomic E-state index is 5.87. The summed E-state index contributed by atoms with van der Waals surface area (Å²) in [4.78, 5) is 12.3. The van der Waals surface area contributed by atoms with Gasteiger partial charge in [0.2, 0.25) is 10.6 Å². The Balaban J connectivity index is 2.47. The number of aromatic nitrogens is 3. The van der Waals surface area contributed by atoms with Gasteiger partial charge >= 0.3 is 0 Å². The molecule has 0 saturated heterocycles. The van der Waals surface area contributed by atoms with E-state index in [0.29, 0.717) is 5.92 Å². The Morgan fingerprint density at radius 2 is 1.35 bits per heavy atom. The Kier molecular flexibility index (Phi) is 9.12. The monoisotopic (exact) mass is 317 g/mol. The summed E-state index contributed by atoms with van der Waals surface area (Å²) >= 11 is 11.7. The van der Waals surface area contributed by atoms with Crippen molar-refractivity contribution >= 4 is 23.2 Å². The molecule has 0 amide bonds. The van der Waals surface area contributed by atoms with Crippen molar-refractivity contribution in [2.45, 2.75) is 77.6 Å². The second kappa shape index (κ2) is 10.3. The van der Waals surface area contributed by atoms with Crippen LogP contribution in [0.15, 0.2) is 0 Å². The van der Waals surface area contributed by atoms with Gasteiger partial charge < -0.3 is 0 Å². The Hall–Kier alpha value is -0.410. The summed E-state index contributed by atoms with van der Waals surface area (Å²) in [6.07, 6.45) is 11.1. The maximum absolute atomic E-state index is 5.87. The first kappa shape index (κ1) is 17.6. The molecule has 3 nitrogen and oxygen atoms in total. The first-order valence-corrected chi connectivity index (χ1v) is 8.49. The lowest BCUT2D eigenvalue weighted by Gasteiger charge is -2.14. The lowest BCUT2D eigenvalue weighted by Crippen LogP contribution is -2.06. The molecule has 0 aliphatic rings. The quantitative estimate of drug-likeness (QED) is 0.511. The lowest BCUT2D eigenvalue weighted by atomic mass is 9.95. The minimum absolute atomic E-state index is 0.198. The van der Waals surface area contributed by atoms with Gasteiger partial charge in [-0.2, -0.15) is 4.98 Å². The third kappa shape index (κ3) is 6.85. The van der Waals surface area contributed by atoms with Crippen molar-refractivity contribution in [3.8, 4) is 0 Å². The maximum Gasteiger partial charge on any atom is 0.226 e. The van der Waals surface area contributed by atoms with Crippen LogP contribution in [0, 0.1) is 0 Å². The van der Waals surface area contributed by atoms with E-state index in [1.807, 2.05) is 0 Å². The Bertz CT molecular complexity index is 365. The highest BCUT2D eigenvalue weighted by atomic mass is 35.5. The van der Waals surface area contributed by atoms with Crippen molar-refractivity contribution in [1.29, 1.82) is 0 Å². The Morgan fingerprint density at radius 3 is 1.95 bits per heavy atom. The molecular weight excluding hydrogens is 293 g/mol. The van der Waals surface area contributed by atoms with Gasteiger partial charge in [0, 0.05) is 5.92 Å². The van der Waals surface area contributed by atoms with Gasteiger partial charge in [-0.05, 0) is 36.0 Å². The second-order valence-corrected chi connectivity index (χ2v) is 5.95. The third-order valence-electron chi connectivity index (χ3n) is 3.51. The van der Waals surface area contributed by atoms with Crippen molar-refractivity contribution in [2.24, 2.45) is 0 Å². The van der Waals surface area contributed by atoms with E-state index < -0.39 is 0 Å². The van der Waals surface area contributed by atoms with E-state index in [2.05, 4.69) is 28.8 Å². The van der Waals surface area contributed by atoms with E-state index >= 15 is 0 Å². The van der Waals surface area contributed by atoms with Crippen molar-refractivity contribution in [1.82, 2.24) is 15.0 Å².